The molecule has 0 saturated carbocycles. The van der Waals surface area contributed by atoms with Crippen molar-refractivity contribution in [3.8, 4) is 0 Å². The highest BCUT2D eigenvalue weighted by molar-refractivity contribution is 6.27. The van der Waals surface area contributed by atoms with E-state index in [4.69, 9.17) is 22.1 Å². The molecular weight excluding hydrogens is 348 g/mol. The van der Waals surface area contributed by atoms with Crippen LogP contribution in [-0.4, -0.2) is 40.2 Å². The number of carbonyl (C=O) groups is 2. The smallest absolute Gasteiger partial charge is 0.325 e. The maximum absolute atomic E-state index is 11.7. The van der Waals surface area contributed by atoms with Gasteiger partial charge in [-0.05, 0) is 0 Å². The Kier molecular flexibility index (Phi) is 7.01. The number of esters is 1. The van der Waals surface area contributed by atoms with Gasteiger partial charge in [0.1, 0.15) is 18.5 Å². The zero-order valence-corrected chi connectivity index (χ0v) is 12.9. The second-order valence-corrected chi connectivity index (χ2v) is 4.79. The van der Waals surface area contributed by atoms with E-state index in [0.717, 1.165) is 18.2 Å². The van der Waals surface area contributed by atoms with Gasteiger partial charge in [0.05, 0.1) is 15.9 Å². The lowest BCUT2D eigenvalue weighted by atomic mass is 10.2. The molecule has 1 atom stereocenters. The third-order valence-corrected chi connectivity index (χ3v) is 2.95. The molecule has 11 nitrogen and oxygen atoms in total. The van der Waals surface area contributed by atoms with E-state index < -0.39 is 45.7 Å². The first-order valence-corrected chi connectivity index (χ1v) is 6.95. The fourth-order valence-electron chi connectivity index (χ4n) is 1.57. The second-order valence-electron chi connectivity index (χ2n) is 4.52. The third kappa shape index (κ3) is 5.78. The number of nitrogens with one attached hydrogen (secondary N) is 1. The van der Waals surface area contributed by atoms with E-state index in [1.165, 1.54) is 0 Å². The first kappa shape index (κ1) is 19.3. The highest BCUT2D eigenvalue weighted by Gasteiger charge is 2.19. The van der Waals surface area contributed by atoms with Gasteiger partial charge in [-0.2, -0.15) is 0 Å². The molecule has 0 aliphatic rings. The number of nitrogens with two attached hydrogens (primary N) is 1. The second kappa shape index (κ2) is 8.74. The molecule has 1 aromatic carbocycles. The fraction of sp³-hybridized carbons (Fsp3) is 0.333. The largest absolute Gasteiger partial charge is 0.460 e. The molecular formula is C12H13ClN4O7. The number of benzene rings is 1. The van der Waals surface area contributed by atoms with Gasteiger partial charge in [-0.15, -0.1) is 11.6 Å². The van der Waals surface area contributed by atoms with Crippen molar-refractivity contribution in [1.82, 2.24) is 5.32 Å². The maximum atomic E-state index is 11.7. The number of ether oxygens (including phenoxy) is 1. The predicted octanol–water partition coefficient (Wildman–Crippen LogP) is 0.229. The van der Waals surface area contributed by atoms with Crippen molar-refractivity contribution >= 4 is 34.9 Å². The molecule has 12 heteroatoms. The molecule has 0 bridgehead atoms. The lowest BCUT2D eigenvalue weighted by molar-refractivity contribution is -0.394. The summed E-state index contributed by atoms with van der Waals surface area (Å²) < 4.78 is 4.83. The molecule has 0 aliphatic carbocycles. The van der Waals surface area contributed by atoms with Crippen molar-refractivity contribution in [3.63, 3.8) is 0 Å². The first-order valence-electron chi connectivity index (χ1n) is 6.42. The van der Waals surface area contributed by atoms with Crippen LogP contribution in [0.3, 0.4) is 0 Å². The van der Waals surface area contributed by atoms with Crippen molar-refractivity contribution in [2.24, 2.45) is 5.73 Å². The van der Waals surface area contributed by atoms with Crippen molar-refractivity contribution in [3.05, 3.63) is 44.0 Å². The van der Waals surface area contributed by atoms with Crippen molar-refractivity contribution in [2.45, 2.75) is 12.6 Å². The number of alkyl halides is 1. The summed E-state index contributed by atoms with van der Waals surface area (Å²) >= 11 is 5.26. The van der Waals surface area contributed by atoms with E-state index in [2.05, 4.69) is 5.32 Å². The molecule has 0 heterocycles. The molecule has 3 N–H and O–H groups in total. The minimum absolute atomic E-state index is 0.0567. The van der Waals surface area contributed by atoms with E-state index in [0.29, 0.717) is 0 Å². The Hall–Kier alpha value is -2.79. The average Bonchev–Trinajstić information content (AvgIpc) is 2.56. The van der Waals surface area contributed by atoms with E-state index in [1.807, 2.05) is 0 Å². The molecule has 0 radical (unpaired) electrons. The number of hydrogen-bond acceptors (Lipinski definition) is 8. The summed E-state index contributed by atoms with van der Waals surface area (Å²) in [7, 11) is 0. The topological polar surface area (TPSA) is 168 Å². The Morgan fingerprint density at radius 3 is 2.21 bits per heavy atom. The van der Waals surface area contributed by atoms with Gasteiger partial charge in [-0.25, -0.2) is 0 Å². The SMILES string of the molecule is NC(CNC(=O)CCl)C(=O)OCc1cc([N+](=O)[O-])cc([N+](=O)[O-])c1. The first-order chi connectivity index (χ1) is 11.2. The summed E-state index contributed by atoms with van der Waals surface area (Å²) in [6.45, 7) is -0.655. The standard InChI is InChI=1S/C12H13ClN4O7/c13-4-11(18)15-5-10(14)12(19)24-6-7-1-8(16(20)21)3-9(2-7)17(22)23/h1-3,10H,4-6,14H2,(H,15,18). The van der Waals surface area contributed by atoms with Crippen molar-refractivity contribution < 1.29 is 24.2 Å². The van der Waals surface area contributed by atoms with Gasteiger partial charge < -0.3 is 15.8 Å². The molecule has 0 saturated heterocycles. The third-order valence-electron chi connectivity index (χ3n) is 2.71. The monoisotopic (exact) mass is 360 g/mol. The summed E-state index contributed by atoms with van der Waals surface area (Å²) in [5.41, 5.74) is 4.54. The van der Waals surface area contributed by atoms with Gasteiger partial charge in [0.15, 0.2) is 0 Å². The lowest BCUT2D eigenvalue weighted by Gasteiger charge is -2.12. The molecule has 130 valence electrons. The highest BCUT2D eigenvalue weighted by Crippen LogP contribution is 2.23. The van der Waals surface area contributed by atoms with Gasteiger partial charge in [0, 0.05) is 24.2 Å². The molecule has 1 rings (SSSR count). The van der Waals surface area contributed by atoms with Crippen LogP contribution in [0.4, 0.5) is 11.4 Å². The Labute approximate surface area is 140 Å². The normalized spacial score (nSPS) is 11.4. The number of nitrogens with zero attached hydrogens (tertiary/aromatic N) is 2. The Bertz CT molecular complexity index is 635. The lowest BCUT2D eigenvalue weighted by Crippen LogP contribution is -2.43. The van der Waals surface area contributed by atoms with Crippen LogP contribution in [0, 0.1) is 20.2 Å². The number of non-ortho nitro benzene ring substituents is 2. The molecule has 0 aromatic heterocycles. The Balaban J connectivity index is 2.72. The van der Waals surface area contributed by atoms with Crippen LogP contribution in [0.25, 0.3) is 0 Å². The molecule has 1 unspecified atom stereocenters. The zero-order chi connectivity index (χ0) is 18.3. The van der Waals surface area contributed by atoms with Gasteiger partial charge >= 0.3 is 5.97 Å². The molecule has 1 aromatic rings. The van der Waals surface area contributed by atoms with Crippen LogP contribution in [0.2, 0.25) is 0 Å². The van der Waals surface area contributed by atoms with E-state index in [1.54, 1.807) is 0 Å². The van der Waals surface area contributed by atoms with Crippen molar-refractivity contribution in [1.29, 1.82) is 0 Å². The number of amides is 1. The number of nitro groups is 2. The number of halogens is 1. The summed E-state index contributed by atoms with van der Waals surface area (Å²) in [6, 6.07) is 1.70. The zero-order valence-electron chi connectivity index (χ0n) is 12.1. The van der Waals surface area contributed by atoms with Gasteiger partial charge in [0.25, 0.3) is 11.4 Å². The van der Waals surface area contributed by atoms with E-state index in [9.17, 15) is 29.8 Å². The molecule has 0 spiro atoms. The number of rotatable bonds is 8. The predicted molar refractivity (Wildman–Crippen MR) is 81.3 cm³/mol. The summed E-state index contributed by atoms with van der Waals surface area (Å²) in [5, 5.41) is 23.8. The molecule has 0 fully saturated rings. The van der Waals surface area contributed by atoms with Crippen LogP contribution in [0.1, 0.15) is 5.56 Å². The average molecular weight is 361 g/mol. The summed E-state index contributed by atoms with van der Waals surface area (Å²) in [4.78, 5) is 42.5. The van der Waals surface area contributed by atoms with Crippen molar-refractivity contribution in [2.75, 3.05) is 12.4 Å². The number of carbonyl (C=O) groups excluding carboxylic acids is 2. The molecule has 1 amide bonds. The van der Waals surface area contributed by atoms with Crippen LogP contribution in [-0.2, 0) is 20.9 Å². The van der Waals surface area contributed by atoms with Gasteiger partial charge in [-0.3, -0.25) is 29.8 Å². The Morgan fingerprint density at radius 2 is 1.75 bits per heavy atom. The fourth-order valence-corrected chi connectivity index (χ4v) is 1.66. The van der Waals surface area contributed by atoms with Crippen LogP contribution < -0.4 is 11.1 Å². The van der Waals surface area contributed by atoms with Crippen LogP contribution in [0.15, 0.2) is 18.2 Å². The van der Waals surface area contributed by atoms with Gasteiger partial charge in [0.2, 0.25) is 5.91 Å². The van der Waals surface area contributed by atoms with Gasteiger partial charge in [-0.1, -0.05) is 0 Å². The summed E-state index contributed by atoms with van der Waals surface area (Å²) in [5.74, 6) is -1.70. The van der Waals surface area contributed by atoms with E-state index in [-0.39, 0.29) is 18.0 Å². The summed E-state index contributed by atoms with van der Waals surface area (Å²) in [6.07, 6.45) is 0. The molecule has 0 aliphatic heterocycles. The molecule has 24 heavy (non-hydrogen) atoms. The minimum Gasteiger partial charge on any atom is -0.460 e. The maximum Gasteiger partial charge on any atom is 0.325 e. The number of nitro benzene ring substituents is 2. The highest BCUT2D eigenvalue weighted by atomic mass is 35.5. The van der Waals surface area contributed by atoms with Crippen LogP contribution >= 0.6 is 11.6 Å². The quantitative estimate of drug-likeness (QED) is 0.287. The Morgan fingerprint density at radius 1 is 1.21 bits per heavy atom. The van der Waals surface area contributed by atoms with Crippen LogP contribution in [0.5, 0.6) is 0 Å². The minimum atomic E-state index is -1.18. The van der Waals surface area contributed by atoms with E-state index >= 15 is 0 Å². The number of hydrogen-bond donors (Lipinski definition) is 2.